The van der Waals surface area contributed by atoms with Gasteiger partial charge in [0, 0.05) is 74.2 Å². The number of aryl methyl sites for hydroxylation is 1. The number of aromatic nitrogens is 3. The van der Waals surface area contributed by atoms with Crippen LogP contribution < -0.4 is 0 Å². The summed E-state index contributed by atoms with van der Waals surface area (Å²) < 4.78 is 2.37. The Labute approximate surface area is 181 Å². The molecule has 5 heterocycles. The molecule has 4 aromatic rings. The Morgan fingerprint density at radius 2 is 1.87 bits per heavy atom. The van der Waals surface area contributed by atoms with Crippen molar-refractivity contribution in [3.05, 3.63) is 59.8 Å². The molecule has 0 N–H and O–H groups in total. The molecule has 0 spiro atoms. The number of pyridine rings is 2. The van der Waals surface area contributed by atoms with E-state index >= 15 is 0 Å². The Morgan fingerprint density at radius 1 is 1.00 bits per heavy atom. The van der Waals surface area contributed by atoms with Crippen LogP contribution in [0, 0.1) is 0 Å². The Hall–Kier alpha value is -2.54. The number of thiophene rings is 1. The van der Waals surface area contributed by atoms with Crippen molar-refractivity contribution in [2.45, 2.75) is 13.0 Å². The van der Waals surface area contributed by atoms with Crippen molar-refractivity contribution in [3.8, 4) is 22.3 Å². The minimum absolute atomic E-state index is 1.01. The van der Waals surface area contributed by atoms with E-state index in [1.54, 1.807) is 11.3 Å². The van der Waals surface area contributed by atoms with Crippen LogP contribution in [-0.2, 0) is 6.54 Å². The van der Waals surface area contributed by atoms with Crippen LogP contribution in [0.4, 0.5) is 0 Å². The molecule has 1 aliphatic heterocycles. The third kappa shape index (κ3) is 4.03. The minimum atomic E-state index is 1.01. The van der Waals surface area contributed by atoms with E-state index in [1.807, 2.05) is 24.7 Å². The molecule has 154 valence electrons. The van der Waals surface area contributed by atoms with Gasteiger partial charge in [0.1, 0.15) is 0 Å². The highest BCUT2D eigenvalue weighted by molar-refractivity contribution is 7.08. The zero-order valence-electron chi connectivity index (χ0n) is 17.4. The largest absolute Gasteiger partial charge is 0.345 e. The molecule has 1 aliphatic rings. The molecule has 0 amide bonds. The fraction of sp³-hybridized carbons (Fsp3) is 0.333. The molecule has 5 nitrogen and oxygen atoms in total. The number of piperazine rings is 1. The predicted molar refractivity (Wildman–Crippen MR) is 125 cm³/mol. The molecular formula is C24H27N5S. The van der Waals surface area contributed by atoms with Crippen molar-refractivity contribution in [2.24, 2.45) is 0 Å². The number of nitrogens with zero attached hydrogens (tertiary/aromatic N) is 5. The average molecular weight is 418 g/mol. The zero-order valence-corrected chi connectivity index (χ0v) is 18.2. The number of rotatable bonds is 6. The molecular weight excluding hydrogens is 390 g/mol. The van der Waals surface area contributed by atoms with Gasteiger partial charge in [-0.1, -0.05) is 0 Å². The summed E-state index contributed by atoms with van der Waals surface area (Å²) in [6.45, 7) is 6.86. The average Bonchev–Trinajstić information content (AvgIpc) is 3.44. The van der Waals surface area contributed by atoms with Gasteiger partial charge in [-0.3, -0.25) is 9.97 Å². The molecule has 6 heteroatoms. The molecule has 1 fully saturated rings. The van der Waals surface area contributed by atoms with Crippen LogP contribution in [-0.4, -0.2) is 64.1 Å². The van der Waals surface area contributed by atoms with E-state index in [1.165, 1.54) is 37.3 Å². The van der Waals surface area contributed by atoms with Crippen LogP contribution in [0.15, 0.2) is 59.8 Å². The standard InChI is InChI=1S/C24H27N5S/c1-27-9-11-28(12-10-27)7-3-8-29-17-22(24-23(29)4-2-6-26-24)21-14-20(15-25-16-21)19-5-13-30-18-19/h2,4-6,13-18H,3,7-12H2,1H3. The van der Waals surface area contributed by atoms with Crippen molar-refractivity contribution in [3.63, 3.8) is 0 Å². The van der Waals surface area contributed by atoms with Crippen molar-refractivity contribution >= 4 is 22.4 Å². The first-order chi connectivity index (χ1) is 14.8. The minimum Gasteiger partial charge on any atom is -0.345 e. The summed E-state index contributed by atoms with van der Waals surface area (Å²) in [5.41, 5.74) is 6.92. The Balaban J connectivity index is 1.38. The summed E-state index contributed by atoms with van der Waals surface area (Å²) in [6.07, 6.45) is 9.18. The topological polar surface area (TPSA) is 37.2 Å². The van der Waals surface area contributed by atoms with Gasteiger partial charge in [-0.15, -0.1) is 0 Å². The summed E-state index contributed by atoms with van der Waals surface area (Å²) in [6, 6.07) is 8.58. The van der Waals surface area contributed by atoms with Crippen LogP contribution in [0.5, 0.6) is 0 Å². The number of likely N-dealkylation sites (N-methyl/N-ethyl adjacent to an activating group) is 1. The maximum Gasteiger partial charge on any atom is 0.0959 e. The number of fused-ring (bicyclic) bond motifs is 1. The number of hydrogen-bond acceptors (Lipinski definition) is 5. The fourth-order valence-electron chi connectivity index (χ4n) is 4.23. The van der Waals surface area contributed by atoms with Gasteiger partial charge in [-0.2, -0.15) is 11.3 Å². The van der Waals surface area contributed by atoms with Crippen LogP contribution in [0.1, 0.15) is 6.42 Å². The lowest BCUT2D eigenvalue weighted by Gasteiger charge is -2.32. The molecule has 0 atom stereocenters. The molecule has 1 saturated heterocycles. The second-order valence-electron chi connectivity index (χ2n) is 8.08. The second-order valence-corrected chi connectivity index (χ2v) is 8.86. The molecule has 0 unspecified atom stereocenters. The van der Waals surface area contributed by atoms with E-state index in [0.717, 1.165) is 41.7 Å². The van der Waals surface area contributed by atoms with Gasteiger partial charge in [-0.25, -0.2) is 0 Å². The van der Waals surface area contributed by atoms with Gasteiger partial charge >= 0.3 is 0 Å². The predicted octanol–water partition coefficient (Wildman–Crippen LogP) is 4.46. The summed E-state index contributed by atoms with van der Waals surface area (Å²) >= 11 is 1.71. The summed E-state index contributed by atoms with van der Waals surface area (Å²) in [4.78, 5) is 14.2. The van der Waals surface area contributed by atoms with Crippen LogP contribution in [0.3, 0.4) is 0 Å². The van der Waals surface area contributed by atoms with E-state index < -0.39 is 0 Å². The molecule has 0 radical (unpaired) electrons. The lowest BCUT2D eigenvalue weighted by molar-refractivity contribution is 0.151. The quantitative estimate of drug-likeness (QED) is 0.464. The first kappa shape index (κ1) is 19.4. The van der Waals surface area contributed by atoms with Gasteiger partial charge < -0.3 is 14.4 Å². The SMILES string of the molecule is CN1CCN(CCCn2cc(-c3cncc(-c4ccsc4)c3)c3ncccc32)CC1. The van der Waals surface area contributed by atoms with Crippen LogP contribution in [0.25, 0.3) is 33.3 Å². The van der Waals surface area contributed by atoms with Crippen molar-refractivity contribution in [2.75, 3.05) is 39.8 Å². The van der Waals surface area contributed by atoms with E-state index in [2.05, 4.69) is 61.6 Å². The molecule has 30 heavy (non-hydrogen) atoms. The van der Waals surface area contributed by atoms with Gasteiger partial charge in [0.15, 0.2) is 0 Å². The fourth-order valence-corrected chi connectivity index (χ4v) is 4.89. The van der Waals surface area contributed by atoms with Crippen molar-refractivity contribution in [1.82, 2.24) is 24.3 Å². The van der Waals surface area contributed by atoms with Crippen LogP contribution in [0.2, 0.25) is 0 Å². The first-order valence-corrected chi connectivity index (χ1v) is 11.5. The Kier molecular flexibility index (Phi) is 5.62. The molecule has 0 aliphatic carbocycles. The summed E-state index contributed by atoms with van der Waals surface area (Å²) in [5.74, 6) is 0. The maximum atomic E-state index is 4.71. The highest BCUT2D eigenvalue weighted by atomic mass is 32.1. The number of hydrogen-bond donors (Lipinski definition) is 0. The molecule has 4 aromatic heterocycles. The lowest BCUT2D eigenvalue weighted by Crippen LogP contribution is -2.44. The van der Waals surface area contributed by atoms with Gasteiger partial charge in [0.25, 0.3) is 0 Å². The second kappa shape index (κ2) is 8.68. The zero-order chi connectivity index (χ0) is 20.3. The highest BCUT2D eigenvalue weighted by Crippen LogP contribution is 2.32. The van der Waals surface area contributed by atoms with E-state index in [4.69, 9.17) is 4.98 Å². The molecule has 0 bridgehead atoms. The van der Waals surface area contributed by atoms with Crippen molar-refractivity contribution in [1.29, 1.82) is 0 Å². The van der Waals surface area contributed by atoms with Gasteiger partial charge in [-0.05, 0) is 60.6 Å². The third-order valence-electron chi connectivity index (χ3n) is 6.01. The smallest absolute Gasteiger partial charge is 0.0959 e. The lowest BCUT2D eigenvalue weighted by atomic mass is 10.1. The molecule has 0 aromatic carbocycles. The monoisotopic (exact) mass is 417 g/mol. The Bertz CT molecular complexity index is 1110. The van der Waals surface area contributed by atoms with Gasteiger partial charge in [0.2, 0.25) is 0 Å². The summed E-state index contributed by atoms with van der Waals surface area (Å²) in [7, 11) is 2.21. The van der Waals surface area contributed by atoms with E-state index in [0.29, 0.717) is 0 Å². The Morgan fingerprint density at radius 3 is 2.70 bits per heavy atom. The van der Waals surface area contributed by atoms with E-state index in [9.17, 15) is 0 Å². The highest BCUT2D eigenvalue weighted by Gasteiger charge is 2.15. The molecule has 0 saturated carbocycles. The normalized spacial score (nSPS) is 15.8. The first-order valence-electron chi connectivity index (χ1n) is 10.6. The summed E-state index contributed by atoms with van der Waals surface area (Å²) in [5, 5.41) is 4.27. The third-order valence-corrected chi connectivity index (χ3v) is 6.69. The van der Waals surface area contributed by atoms with Gasteiger partial charge in [0.05, 0.1) is 11.0 Å². The maximum absolute atomic E-state index is 4.71. The van der Waals surface area contributed by atoms with E-state index in [-0.39, 0.29) is 0 Å². The van der Waals surface area contributed by atoms with Crippen molar-refractivity contribution < 1.29 is 0 Å². The van der Waals surface area contributed by atoms with Crippen LogP contribution >= 0.6 is 11.3 Å². The molecule has 5 rings (SSSR count).